The van der Waals surface area contributed by atoms with Crippen LogP contribution in [0.4, 0.5) is 0 Å². The second kappa shape index (κ2) is 6.42. The molecule has 7 heteroatoms. The van der Waals surface area contributed by atoms with Crippen molar-refractivity contribution in [3.05, 3.63) is 59.9 Å². The normalized spacial score (nSPS) is 24.8. The van der Waals surface area contributed by atoms with E-state index in [0.717, 1.165) is 5.56 Å². The van der Waals surface area contributed by atoms with E-state index in [-0.39, 0.29) is 17.6 Å². The second-order valence-electron chi connectivity index (χ2n) is 7.85. The zero-order valence-corrected chi connectivity index (χ0v) is 16.5. The number of sulfonamides is 1. The molecule has 2 atom stereocenters. The second-order valence-corrected chi connectivity index (χ2v) is 9.79. The number of aliphatic imine (C=N–C) groups is 1. The van der Waals surface area contributed by atoms with Crippen LogP contribution in [0.5, 0.6) is 0 Å². The van der Waals surface area contributed by atoms with Crippen LogP contribution in [0.1, 0.15) is 25.1 Å². The van der Waals surface area contributed by atoms with Crippen LogP contribution in [0.2, 0.25) is 0 Å². The van der Waals surface area contributed by atoms with Crippen molar-refractivity contribution in [2.75, 3.05) is 13.1 Å². The summed E-state index contributed by atoms with van der Waals surface area (Å²) in [7, 11) is -3.58. The van der Waals surface area contributed by atoms with Gasteiger partial charge in [-0.05, 0) is 31.2 Å². The maximum absolute atomic E-state index is 13.2. The summed E-state index contributed by atoms with van der Waals surface area (Å²) in [6.07, 6.45) is 1.53. The molecule has 142 valence electrons. The third-order valence-corrected chi connectivity index (χ3v) is 6.98. The Morgan fingerprint density at radius 1 is 1.15 bits per heavy atom. The lowest BCUT2D eigenvalue weighted by Gasteiger charge is -2.43. The molecule has 0 aliphatic carbocycles. The number of hydrogen-bond acceptors (Lipinski definition) is 5. The summed E-state index contributed by atoms with van der Waals surface area (Å²) < 4.78 is 34.0. The summed E-state index contributed by atoms with van der Waals surface area (Å²) in [5.41, 5.74) is 1.33. The molecule has 2 aliphatic heterocycles. The van der Waals surface area contributed by atoms with E-state index in [2.05, 4.69) is 9.98 Å². The molecule has 0 saturated carbocycles. The first kappa shape index (κ1) is 18.1. The minimum atomic E-state index is -3.58. The lowest BCUT2D eigenvalue weighted by molar-refractivity contribution is 0.0142. The van der Waals surface area contributed by atoms with Crippen molar-refractivity contribution in [3.8, 4) is 0 Å². The number of fused-ring (bicyclic) bond motifs is 1. The molecule has 1 aromatic heterocycles. The summed E-state index contributed by atoms with van der Waals surface area (Å²) in [5.74, 6) is 0.494. The van der Waals surface area contributed by atoms with Gasteiger partial charge < -0.3 is 4.74 Å². The minimum Gasteiger partial charge on any atom is -0.470 e. The van der Waals surface area contributed by atoms with Crippen molar-refractivity contribution in [2.45, 2.75) is 37.8 Å². The Morgan fingerprint density at radius 2 is 1.89 bits per heavy atom. The van der Waals surface area contributed by atoms with E-state index in [0.29, 0.717) is 29.6 Å². The average Bonchev–Trinajstić information content (AvgIpc) is 3.08. The van der Waals surface area contributed by atoms with E-state index < -0.39 is 10.0 Å². The van der Waals surface area contributed by atoms with Gasteiger partial charge >= 0.3 is 0 Å². The molecule has 0 bridgehead atoms. The molecular weight excluding hydrogens is 362 g/mol. The molecule has 2 aromatic rings. The highest BCUT2D eigenvalue weighted by Gasteiger charge is 2.50. The van der Waals surface area contributed by atoms with E-state index in [1.54, 1.807) is 18.3 Å². The van der Waals surface area contributed by atoms with Gasteiger partial charge in [0.05, 0.1) is 4.90 Å². The van der Waals surface area contributed by atoms with Crippen molar-refractivity contribution in [1.82, 2.24) is 9.29 Å². The fourth-order valence-corrected chi connectivity index (χ4v) is 5.37. The highest BCUT2D eigenvalue weighted by atomic mass is 32.2. The van der Waals surface area contributed by atoms with Crippen LogP contribution in [0.3, 0.4) is 0 Å². The van der Waals surface area contributed by atoms with Gasteiger partial charge in [-0.15, -0.1) is 0 Å². The Kier molecular flexibility index (Phi) is 4.31. The maximum atomic E-state index is 13.2. The predicted octanol–water partition coefficient (Wildman–Crippen LogP) is 2.63. The van der Waals surface area contributed by atoms with E-state index >= 15 is 0 Å². The largest absolute Gasteiger partial charge is 0.470 e. The quantitative estimate of drug-likeness (QED) is 0.814. The molecule has 2 aliphatic rings. The first-order chi connectivity index (χ1) is 12.8. The molecule has 2 unspecified atom stereocenters. The van der Waals surface area contributed by atoms with Crippen LogP contribution >= 0.6 is 0 Å². The molecule has 0 N–H and O–H groups in total. The lowest BCUT2D eigenvalue weighted by atomic mass is 9.80. The first-order valence-corrected chi connectivity index (χ1v) is 10.4. The van der Waals surface area contributed by atoms with Gasteiger partial charge in [0, 0.05) is 24.7 Å². The first-order valence-electron chi connectivity index (χ1n) is 9.00. The van der Waals surface area contributed by atoms with E-state index in [4.69, 9.17) is 4.74 Å². The molecule has 27 heavy (non-hydrogen) atoms. The number of aryl methyl sites for hydroxylation is 1. The highest BCUT2D eigenvalue weighted by Crippen LogP contribution is 2.39. The Balaban J connectivity index is 1.65. The summed E-state index contributed by atoms with van der Waals surface area (Å²) in [5, 5.41) is 0. The van der Waals surface area contributed by atoms with Crippen molar-refractivity contribution in [1.29, 1.82) is 0 Å². The fourth-order valence-electron chi connectivity index (χ4n) is 3.74. The monoisotopic (exact) mass is 385 g/mol. The summed E-state index contributed by atoms with van der Waals surface area (Å²) in [6.45, 7) is 6.68. The summed E-state index contributed by atoms with van der Waals surface area (Å²) in [6, 6.07) is 12.3. The number of ether oxygens (including phenoxy) is 1. The van der Waals surface area contributed by atoms with Gasteiger partial charge in [-0.3, -0.25) is 4.98 Å². The Hall–Kier alpha value is -2.25. The standard InChI is InChI=1S/C20H23N3O3S/c1-14-7-9-15(10-8-14)27(24,25)23-12-17-18(20(2,3)13-23)26-19(22-17)16-6-4-5-11-21-16/h4-11,17-18H,12-13H2,1-3H3. The van der Waals surface area contributed by atoms with Gasteiger partial charge in [0.25, 0.3) is 0 Å². The van der Waals surface area contributed by atoms with Crippen molar-refractivity contribution in [2.24, 2.45) is 10.4 Å². The topological polar surface area (TPSA) is 71.9 Å². The van der Waals surface area contributed by atoms with Gasteiger partial charge in [-0.25, -0.2) is 13.4 Å². The van der Waals surface area contributed by atoms with Crippen LogP contribution < -0.4 is 0 Å². The smallest absolute Gasteiger partial charge is 0.243 e. The molecule has 4 rings (SSSR count). The maximum Gasteiger partial charge on any atom is 0.243 e. The van der Waals surface area contributed by atoms with Gasteiger partial charge in [-0.2, -0.15) is 4.31 Å². The number of nitrogens with zero attached hydrogens (tertiary/aromatic N) is 3. The number of pyridine rings is 1. The molecule has 1 fully saturated rings. The Labute approximate surface area is 160 Å². The van der Waals surface area contributed by atoms with Crippen molar-refractivity contribution >= 4 is 15.9 Å². The summed E-state index contributed by atoms with van der Waals surface area (Å²) in [4.78, 5) is 9.29. The van der Waals surface area contributed by atoms with E-state index in [9.17, 15) is 8.42 Å². The number of hydrogen-bond donors (Lipinski definition) is 0. The highest BCUT2D eigenvalue weighted by molar-refractivity contribution is 7.89. The van der Waals surface area contributed by atoms with Gasteiger partial charge in [0.15, 0.2) is 0 Å². The molecule has 0 amide bonds. The molecule has 0 spiro atoms. The Bertz CT molecular complexity index is 969. The zero-order chi connectivity index (χ0) is 19.2. The third-order valence-electron chi connectivity index (χ3n) is 5.16. The molecular formula is C20H23N3O3S. The predicted molar refractivity (Wildman–Crippen MR) is 103 cm³/mol. The number of aromatic nitrogens is 1. The Morgan fingerprint density at radius 3 is 2.56 bits per heavy atom. The van der Waals surface area contributed by atoms with Crippen LogP contribution in [-0.4, -0.2) is 48.8 Å². The number of benzene rings is 1. The molecule has 1 saturated heterocycles. The van der Waals surface area contributed by atoms with Crippen LogP contribution in [-0.2, 0) is 14.8 Å². The average molecular weight is 385 g/mol. The summed E-state index contributed by atoms with van der Waals surface area (Å²) >= 11 is 0. The van der Waals surface area contributed by atoms with E-state index in [1.165, 1.54) is 4.31 Å². The molecule has 3 heterocycles. The molecule has 1 aromatic carbocycles. The van der Waals surface area contributed by atoms with Gasteiger partial charge in [-0.1, -0.05) is 37.6 Å². The number of piperidine rings is 1. The van der Waals surface area contributed by atoms with Crippen LogP contribution in [0.15, 0.2) is 58.5 Å². The van der Waals surface area contributed by atoms with Crippen LogP contribution in [0, 0.1) is 12.3 Å². The molecule has 6 nitrogen and oxygen atoms in total. The van der Waals surface area contributed by atoms with Crippen molar-refractivity contribution in [3.63, 3.8) is 0 Å². The third kappa shape index (κ3) is 3.26. The molecule has 0 radical (unpaired) electrons. The number of rotatable bonds is 3. The van der Waals surface area contributed by atoms with E-state index in [1.807, 2.05) is 51.1 Å². The lowest BCUT2D eigenvalue weighted by Crippen LogP contribution is -2.56. The zero-order valence-electron chi connectivity index (χ0n) is 15.7. The van der Waals surface area contributed by atoms with Gasteiger partial charge in [0.2, 0.25) is 15.9 Å². The minimum absolute atomic E-state index is 0.168. The van der Waals surface area contributed by atoms with Crippen molar-refractivity contribution < 1.29 is 13.2 Å². The fraction of sp³-hybridized carbons (Fsp3) is 0.400. The van der Waals surface area contributed by atoms with Crippen LogP contribution in [0.25, 0.3) is 0 Å². The SMILES string of the molecule is Cc1ccc(S(=O)(=O)N2CC3N=C(c4ccccn4)OC3C(C)(C)C2)cc1. The van der Waals surface area contributed by atoms with Gasteiger partial charge in [0.1, 0.15) is 17.8 Å².